The van der Waals surface area contributed by atoms with Crippen molar-refractivity contribution < 1.29 is 4.79 Å². The fourth-order valence-corrected chi connectivity index (χ4v) is 2.71. The van der Waals surface area contributed by atoms with E-state index >= 15 is 0 Å². The van der Waals surface area contributed by atoms with Crippen LogP contribution in [0.2, 0.25) is 0 Å². The highest BCUT2D eigenvalue weighted by Gasteiger charge is 2.10. The highest BCUT2D eigenvalue weighted by Crippen LogP contribution is 2.22. The van der Waals surface area contributed by atoms with Gasteiger partial charge in [0.2, 0.25) is 5.91 Å². The summed E-state index contributed by atoms with van der Waals surface area (Å²) in [5, 5.41) is 3.35. The molecule has 5 N–H and O–H groups in total. The van der Waals surface area contributed by atoms with Gasteiger partial charge in [0, 0.05) is 11.8 Å². The van der Waals surface area contributed by atoms with Gasteiger partial charge in [0.1, 0.15) is 11.6 Å². The summed E-state index contributed by atoms with van der Waals surface area (Å²) in [6, 6.07) is 7.45. The largest absolute Gasteiger partial charge is 0.383 e. The first-order valence-corrected chi connectivity index (χ1v) is 7.89. The van der Waals surface area contributed by atoms with Crippen LogP contribution in [0.4, 0.5) is 17.3 Å². The highest BCUT2D eigenvalue weighted by atomic mass is 32.2. The van der Waals surface area contributed by atoms with Crippen molar-refractivity contribution in [1.29, 1.82) is 0 Å². The van der Waals surface area contributed by atoms with Crippen LogP contribution >= 0.6 is 11.8 Å². The Hall–Kier alpha value is -2.28. The molecule has 0 unspecified atom stereocenters. The van der Waals surface area contributed by atoms with Crippen molar-refractivity contribution in [2.45, 2.75) is 25.4 Å². The molecule has 1 amide bonds. The number of aryl methyl sites for hydroxylation is 2. The number of para-hydroxylation sites is 1. The quantitative estimate of drug-likeness (QED) is 0.577. The molecule has 7 heteroatoms. The number of anilines is 3. The number of nitrogen functional groups attached to an aromatic ring is 2. The van der Waals surface area contributed by atoms with Gasteiger partial charge < -0.3 is 16.8 Å². The minimum atomic E-state index is -0.112. The number of hydrogen-bond donors (Lipinski definition) is 3. The highest BCUT2D eigenvalue weighted by molar-refractivity contribution is 7.99. The number of nitrogens with two attached hydrogens (primary N) is 2. The molecule has 0 radical (unpaired) electrons. The molecule has 116 valence electrons. The van der Waals surface area contributed by atoms with Crippen molar-refractivity contribution >= 4 is 35.0 Å². The van der Waals surface area contributed by atoms with E-state index in [-0.39, 0.29) is 11.7 Å². The zero-order chi connectivity index (χ0) is 16.1. The third kappa shape index (κ3) is 4.11. The first-order chi connectivity index (χ1) is 10.5. The normalized spacial score (nSPS) is 10.5. The van der Waals surface area contributed by atoms with Crippen molar-refractivity contribution in [2.24, 2.45) is 0 Å². The molecule has 0 spiro atoms. The van der Waals surface area contributed by atoms with Gasteiger partial charge in [0.05, 0.1) is 5.75 Å². The maximum absolute atomic E-state index is 12.1. The molecule has 0 bridgehead atoms. The Morgan fingerprint density at radius 1 is 1.27 bits per heavy atom. The number of carbonyl (C=O) groups is 1. The Morgan fingerprint density at radius 3 is 2.59 bits per heavy atom. The number of amides is 1. The zero-order valence-electron chi connectivity index (χ0n) is 12.6. The fraction of sp³-hybridized carbons (Fsp3) is 0.267. The lowest BCUT2D eigenvalue weighted by atomic mass is 10.1. The first-order valence-electron chi connectivity index (χ1n) is 6.90. The predicted molar refractivity (Wildman–Crippen MR) is 90.8 cm³/mol. The standard InChI is InChI=1S/C15H19N5OS/c1-3-10-6-4-5-9(2)14(10)20-13(21)8-22-15-18-11(16)7-12(17)19-15/h4-7H,3,8H2,1-2H3,(H,20,21)(H4,16,17,18,19). The monoisotopic (exact) mass is 317 g/mol. The van der Waals surface area contributed by atoms with Gasteiger partial charge in [-0.1, -0.05) is 36.9 Å². The van der Waals surface area contributed by atoms with Crippen LogP contribution in [0.15, 0.2) is 29.4 Å². The number of thioether (sulfide) groups is 1. The summed E-state index contributed by atoms with van der Waals surface area (Å²) in [4.78, 5) is 20.2. The van der Waals surface area contributed by atoms with Gasteiger partial charge in [-0.2, -0.15) is 0 Å². The summed E-state index contributed by atoms with van der Waals surface area (Å²) in [5.41, 5.74) is 14.2. The van der Waals surface area contributed by atoms with Crippen molar-refractivity contribution in [1.82, 2.24) is 9.97 Å². The van der Waals surface area contributed by atoms with E-state index in [9.17, 15) is 4.79 Å². The molecule has 1 aromatic heterocycles. The second kappa shape index (κ2) is 7.13. The lowest BCUT2D eigenvalue weighted by molar-refractivity contribution is -0.113. The van der Waals surface area contributed by atoms with Crippen molar-refractivity contribution in [3.63, 3.8) is 0 Å². The molecule has 0 atom stereocenters. The summed E-state index contributed by atoms with van der Waals surface area (Å²) in [5.74, 6) is 0.671. The number of nitrogens with one attached hydrogen (secondary N) is 1. The molecule has 22 heavy (non-hydrogen) atoms. The van der Waals surface area contributed by atoms with Crippen LogP contribution in [-0.2, 0) is 11.2 Å². The Kier molecular flexibility index (Phi) is 5.21. The van der Waals surface area contributed by atoms with E-state index in [1.807, 2.05) is 25.1 Å². The second-order valence-electron chi connectivity index (χ2n) is 4.80. The lowest BCUT2D eigenvalue weighted by Gasteiger charge is -2.12. The molecule has 0 aliphatic carbocycles. The van der Waals surface area contributed by atoms with Crippen LogP contribution in [-0.4, -0.2) is 21.6 Å². The van der Waals surface area contributed by atoms with Crippen molar-refractivity contribution in [2.75, 3.05) is 22.5 Å². The predicted octanol–water partition coefficient (Wildman–Crippen LogP) is 2.24. The maximum Gasteiger partial charge on any atom is 0.234 e. The lowest BCUT2D eigenvalue weighted by Crippen LogP contribution is -2.16. The van der Waals surface area contributed by atoms with Crippen LogP contribution in [0.3, 0.4) is 0 Å². The minimum absolute atomic E-state index is 0.112. The first kappa shape index (κ1) is 16.1. The molecule has 0 aliphatic rings. The van der Waals surface area contributed by atoms with Crippen LogP contribution < -0.4 is 16.8 Å². The fourth-order valence-electron chi connectivity index (χ4n) is 2.03. The number of hydrogen-bond acceptors (Lipinski definition) is 6. The van der Waals surface area contributed by atoms with Crippen molar-refractivity contribution in [3.05, 3.63) is 35.4 Å². The summed E-state index contributed by atoms with van der Waals surface area (Å²) >= 11 is 1.20. The summed E-state index contributed by atoms with van der Waals surface area (Å²) in [6.07, 6.45) is 0.860. The summed E-state index contributed by atoms with van der Waals surface area (Å²) < 4.78 is 0. The number of benzene rings is 1. The maximum atomic E-state index is 12.1. The molecule has 1 heterocycles. The molecular formula is C15H19N5OS. The van der Waals surface area contributed by atoms with Gasteiger partial charge in [0.25, 0.3) is 0 Å². The molecule has 0 saturated carbocycles. The number of carbonyl (C=O) groups excluding carboxylic acids is 1. The molecule has 1 aromatic carbocycles. The van der Waals surface area contributed by atoms with E-state index in [0.29, 0.717) is 16.8 Å². The molecule has 2 rings (SSSR count). The summed E-state index contributed by atoms with van der Waals surface area (Å²) in [6.45, 7) is 4.03. The average molecular weight is 317 g/mol. The molecule has 2 aromatic rings. The number of nitrogens with zero attached hydrogens (tertiary/aromatic N) is 2. The molecule has 0 saturated heterocycles. The van der Waals surface area contributed by atoms with E-state index < -0.39 is 0 Å². The molecule has 0 aliphatic heterocycles. The molecule has 6 nitrogen and oxygen atoms in total. The molecular weight excluding hydrogens is 298 g/mol. The van der Waals surface area contributed by atoms with Crippen LogP contribution in [0.1, 0.15) is 18.1 Å². The minimum Gasteiger partial charge on any atom is -0.383 e. The number of aromatic nitrogens is 2. The van der Waals surface area contributed by atoms with Gasteiger partial charge in [0.15, 0.2) is 5.16 Å². The van der Waals surface area contributed by atoms with Crippen LogP contribution in [0.5, 0.6) is 0 Å². The average Bonchev–Trinajstić information content (AvgIpc) is 2.46. The van der Waals surface area contributed by atoms with Crippen molar-refractivity contribution in [3.8, 4) is 0 Å². The number of rotatable bonds is 5. The van der Waals surface area contributed by atoms with Gasteiger partial charge >= 0.3 is 0 Å². The van der Waals surface area contributed by atoms with Crippen LogP contribution in [0, 0.1) is 6.92 Å². The SMILES string of the molecule is CCc1cccc(C)c1NC(=O)CSc1nc(N)cc(N)n1. The van der Waals surface area contributed by atoms with E-state index in [1.54, 1.807) is 0 Å². The Bertz CT molecular complexity index is 669. The van der Waals surface area contributed by atoms with E-state index in [2.05, 4.69) is 22.2 Å². The third-order valence-electron chi connectivity index (χ3n) is 3.08. The third-order valence-corrected chi connectivity index (χ3v) is 3.93. The Labute approximate surface area is 133 Å². The van der Waals surface area contributed by atoms with E-state index in [4.69, 9.17) is 11.5 Å². The smallest absolute Gasteiger partial charge is 0.234 e. The van der Waals surface area contributed by atoms with Gasteiger partial charge in [-0.15, -0.1) is 0 Å². The van der Waals surface area contributed by atoms with Gasteiger partial charge in [-0.05, 0) is 24.5 Å². The van der Waals surface area contributed by atoms with E-state index in [1.165, 1.54) is 17.8 Å². The topological polar surface area (TPSA) is 107 Å². The van der Waals surface area contributed by atoms with Gasteiger partial charge in [-0.3, -0.25) is 4.79 Å². The Balaban J connectivity index is 2.02. The second-order valence-corrected chi connectivity index (χ2v) is 5.74. The summed E-state index contributed by atoms with van der Waals surface area (Å²) in [7, 11) is 0. The van der Waals surface area contributed by atoms with Gasteiger partial charge in [-0.25, -0.2) is 9.97 Å². The molecule has 0 fully saturated rings. The van der Waals surface area contributed by atoms with E-state index in [0.717, 1.165) is 23.2 Å². The Morgan fingerprint density at radius 2 is 1.95 bits per heavy atom. The zero-order valence-corrected chi connectivity index (χ0v) is 13.4. The van der Waals surface area contributed by atoms with Crippen LogP contribution in [0.25, 0.3) is 0 Å².